The Hall–Kier alpha value is -1.94. The number of nitrogens with zero attached hydrogens (tertiary/aromatic N) is 2. The third-order valence-corrected chi connectivity index (χ3v) is 2.31. The highest BCUT2D eigenvalue weighted by molar-refractivity contribution is 5.28. The largest absolute Gasteiger partial charge is 0.454 e. The van der Waals surface area contributed by atoms with E-state index in [9.17, 15) is 5.11 Å². The summed E-state index contributed by atoms with van der Waals surface area (Å²) in [5.41, 5.74) is 1.57. The molecule has 0 bridgehead atoms. The number of ether oxygens (including phenoxy) is 1. The maximum atomic E-state index is 9.32. The lowest BCUT2D eigenvalue weighted by Gasteiger charge is -2.07. The first-order valence-electron chi connectivity index (χ1n) is 5.39. The number of aryl methyl sites for hydroxylation is 1. The predicted molar refractivity (Wildman–Crippen MR) is 63.9 cm³/mol. The minimum absolute atomic E-state index is 0.565. The summed E-state index contributed by atoms with van der Waals surface area (Å²) >= 11 is 0. The van der Waals surface area contributed by atoms with Crippen molar-refractivity contribution in [3.8, 4) is 11.5 Å². The minimum atomic E-state index is -0.565. The van der Waals surface area contributed by atoms with Gasteiger partial charge in [0.25, 0.3) is 0 Å². The lowest BCUT2D eigenvalue weighted by atomic mass is 10.2. The average Bonchev–Trinajstić information content (AvgIpc) is 2.33. The molecule has 88 valence electrons. The van der Waals surface area contributed by atoms with Crippen molar-refractivity contribution in [3.63, 3.8) is 0 Å². The number of aromatic nitrogens is 2. The summed E-state index contributed by atoms with van der Waals surface area (Å²) in [5.74, 6) is 1.29. The predicted octanol–water partition coefficient (Wildman–Crippen LogP) is 2.63. The third-order valence-electron chi connectivity index (χ3n) is 2.31. The normalized spacial score (nSPS) is 12.2. The SMILES string of the molecule is Cc1ccc(Oc2ccc([C@H](C)O)nc2)cn1. The summed E-state index contributed by atoms with van der Waals surface area (Å²) < 4.78 is 5.56. The van der Waals surface area contributed by atoms with Gasteiger partial charge in [0.2, 0.25) is 0 Å². The van der Waals surface area contributed by atoms with Crippen LogP contribution in [0.3, 0.4) is 0 Å². The first kappa shape index (κ1) is 11.5. The Morgan fingerprint density at radius 2 is 1.71 bits per heavy atom. The van der Waals surface area contributed by atoms with Crippen molar-refractivity contribution >= 4 is 0 Å². The van der Waals surface area contributed by atoms with E-state index in [4.69, 9.17) is 4.74 Å². The van der Waals surface area contributed by atoms with Crippen LogP contribution in [0.15, 0.2) is 36.7 Å². The second kappa shape index (κ2) is 4.93. The molecule has 1 N–H and O–H groups in total. The van der Waals surface area contributed by atoms with Crippen LogP contribution in [0.1, 0.15) is 24.4 Å². The fourth-order valence-corrected chi connectivity index (χ4v) is 1.35. The van der Waals surface area contributed by atoms with Gasteiger partial charge in [-0.1, -0.05) is 0 Å². The first-order valence-corrected chi connectivity index (χ1v) is 5.39. The summed E-state index contributed by atoms with van der Waals surface area (Å²) in [6.45, 7) is 3.59. The van der Waals surface area contributed by atoms with Crippen molar-refractivity contribution in [1.29, 1.82) is 0 Å². The van der Waals surface area contributed by atoms with Crippen LogP contribution in [-0.2, 0) is 0 Å². The van der Waals surface area contributed by atoms with E-state index in [0.717, 1.165) is 5.69 Å². The zero-order valence-electron chi connectivity index (χ0n) is 9.79. The van der Waals surface area contributed by atoms with E-state index < -0.39 is 6.10 Å². The van der Waals surface area contributed by atoms with Gasteiger partial charge in [-0.25, -0.2) is 0 Å². The van der Waals surface area contributed by atoms with Gasteiger partial charge < -0.3 is 9.84 Å². The number of hydrogen-bond acceptors (Lipinski definition) is 4. The highest BCUT2D eigenvalue weighted by Crippen LogP contribution is 2.20. The maximum Gasteiger partial charge on any atom is 0.145 e. The van der Waals surface area contributed by atoms with Crippen LogP contribution in [0.5, 0.6) is 11.5 Å². The van der Waals surface area contributed by atoms with Crippen molar-refractivity contribution in [2.24, 2.45) is 0 Å². The Kier molecular flexibility index (Phi) is 3.35. The summed E-state index contributed by atoms with van der Waals surface area (Å²) in [6.07, 6.45) is 2.69. The zero-order valence-corrected chi connectivity index (χ0v) is 9.79. The Balaban J connectivity index is 2.11. The highest BCUT2D eigenvalue weighted by Gasteiger charge is 2.03. The highest BCUT2D eigenvalue weighted by atomic mass is 16.5. The molecule has 0 aliphatic heterocycles. The van der Waals surface area contributed by atoms with E-state index in [1.807, 2.05) is 19.1 Å². The van der Waals surface area contributed by atoms with Gasteiger partial charge >= 0.3 is 0 Å². The lowest BCUT2D eigenvalue weighted by Crippen LogP contribution is -1.95. The van der Waals surface area contributed by atoms with Gasteiger partial charge in [0.1, 0.15) is 11.5 Å². The van der Waals surface area contributed by atoms with Gasteiger partial charge in [-0.15, -0.1) is 0 Å². The first-order chi connectivity index (χ1) is 8.15. The summed E-state index contributed by atoms with van der Waals surface area (Å²) in [4.78, 5) is 8.23. The van der Waals surface area contributed by atoms with E-state index >= 15 is 0 Å². The fourth-order valence-electron chi connectivity index (χ4n) is 1.35. The topological polar surface area (TPSA) is 55.2 Å². The smallest absolute Gasteiger partial charge is 0.145 e. The van der Waals surface area contributed by atoms with Crippen LogP contribution >= 0.6 is 0 Å². The number of hydrogen-bond donors (Lipinski definition) is 1. The van der Waals surface area contributed by atoms with Gasteiger partial charge in [-0.3, -0.25) is 9.97 Å². The fraction of sp³-hybridized carbons (Fsp3) is 0.231. The second-order valence-electron chi connectivity index (χ2n) is 3.83. The van der Waals surface area contributed by atoms with Crippen molar-refractivity contribution < 1.29 is 9.84 Å². The summed E-state index contributed by atoms with van der Waals surface area (Å²) in [5, 5.41) is 9.32. The molecule has 0 spiro atoms. The molecule has 0 aromatic carbocycles. The van der Waals surface area contributed by atoms with Gasteiger partial charge in [0, 0.05) is 5.69 Å². The monoisotopic (exact) mass is 230 g/mol. The van der Waals surface area contributed by atoms with Crippen molar-refractivity contribution in [3.05, 3.63) is 48.0 Å². The Morgan fingerprint density at radius 1 is 1.06 bits per heavy atom. The van der Waals surface area contributed by atoms with E-state index in [1.165, 1.54) is 0 Å². The molecule has 4 nitrogen and oxygen atoms in total. The molecule has 4 heteroatoms. The Bertz CT molecular complexity index is 478. The van der Waals surface area contributed by atoms with Crippen molar-refractivity contribution in [2.75, 3.05) is 0 Å². The van der Waals surface area contributed by atoms with Crippen molar-refractivity contribution in [1.82, 2.24) is 9.97 Å². The number of aliphatic hydroxyl groups excluding tert-OH is 1. The molecule has 2 heterocycles. The van der Waals surface area contributed by atoms with Crippen LogP contribution in [0, 0.1) is 6.92 Å². The number of rotatable bonds is 3. The standard InChI is InChI=1S/C13H14N2O2/c1-9-3-4-11(7-14-9)17-12-5-6-13(10(2)16)15-8-12/h3-8,10,16H,1-2H3/t10-/m0/s1. The van der Waals surface area contributed by atoms with E-state index in [0.29, 0.717) is 17.2 Å². The van der Waals surface area contributed by atoms with Crippen LogP contribution in [0.4, 0.5) is 0 Å². The number of aliphatic hydroxyl groups is 1. The Labute approximate surface area is 99.9 Å². The van der Waals surface area contributed by atoms with Gasteiger partial charge in [-0.05, 0) is 38.1 Å². The minimum Gasteiger partial charge on any atom is -0.454 e. The van der Waals surface area contributed by atoms with Gasteiger partial charge in [-0.2, -0.15) is 0 Å². The molecular weight excluding hydrogens is 216 g/mol. The van der Waals surface area contributed by atoms with Crippen LogP contribution < -0.4 is 4.74 Å². The number of pyridine rings is 2. The third kappa shape index (κ3) is 3.01. The molecule has 2 aromatic heterocycles. The molecule has 0 saturated heterocycles. The van der Waals surface area contributed by atoms with Crippen molar-refractivity contribution in [2.45, 2.75) is 20.0 Å². The van der Waals surface area contributed by atoms with Crippen LogP contribution in [-0.4, -0.2) is 15.1 Å². The summed E-state index contributed by atoms with van der Waals surface area (Å²) in [6, 6.07) is 7.24. The molecule has 1 atom stereocenters. The van der Waals surface area contributed by atoms with Crippen LogP contribution in [0.2, 0.25) is 0 Å². The molecule has 2 aromatic rings. The molecule has 0 saturated carbocycles. The average molecular weight is 230 g/mol. The second-order valence-corrected chi connectivity index (χ2v) is 3.83. The van der Waals surface area contributed by atoms with E-state index in [2.05, 4.69) is 9.97 Å². The maximum absolute atomic E-state index is 9.32. The van der Waals surface area contributed by atoms with Crippen LogP contribution in [0.25, 0.3) is 0 Å². The molecule has 0 fully saturated rings. The zero-order chi connectivity index (χ0) is 12.3. The molecule has 0 radical (unpaired) electrons. The quantitative estimate of drug-likeness (QED) is 0.880. The molecule has 0 unspecified atom stereocenters. The summed E-state index contributed by atoms with van der Waals surface area (Å²) in [7, 11) is 0. The molecular formula is C13H14N2O2. The van der Waals surface area contributed by atoms with E-state index in [-0.39, 0.29) is 0 Å². The molecule has 0 aliphatic rings. The molecule has 2 rings (SSSR count). The lowest BCUT2D eigenvalue weighted by molar-refractivity contribution is 0.194. The van der Waals surface area contributed by atoms with Gasteiger partial charge in [0.15, 0.2) is 0 Å². The Morgan fingerprint density at radius 3 is 2.18 bits per heavy atom. The molecule has 17 heavy (non-hydrogen) atoms. The molecule has 0 aliphatic carbocycles. The van der Waals surface area contributed by atoms with E-state index in [1.54, 1.807) is 31.5 Å². The van der Waals surface area contributed by atoms with Gasteiger partial charge in [0.05, 0.1) is 24.2 Å². The molecule has 0 amide bonds.